The number of hydrogen-bond donors (Lipinski definition) is 3. The number of carbonyl (C=O) groups is 1. The molecule has 0 radical (unpaired) electrons. The van der Waals surface area contributed by atoms with Crippen LogP contribution in [0.4, 0.5) is 10.5 Å². The Bertz CT molecular complexity index is 592. The summed E-state index contributed by atoms with van der Waals surface area (Å²) in [6.07, 6.45) is 0. The lowest BCUT2D eigenvalue weighted by Gasteiger charge is -2.12. The molecule has 2 aromatic rings. The van der Waals surface area contributed by atoms with Crippen molar-refractivity contribution in [3.8, 4) is 0 Å². The summed E-state index contributed by atoms with van der Waals surface area (Å²) >= 11 is 1.65. The Morgan fingerprint density at radius 1 is 1.24 bits per heavy atom. The number of hydrogen-bond acceptors (Lipinski definition) is 3. The number of rotatable bonds is 5. The molecule has 5 heteroatoms. The highest BCUT2D eigenvalue weighted by Gasteiger charge is 2.05. The summed E-state index contributed by atoms with van der Waals surface area (Å²) in [7, 11) is 1.93. The lowest BCUT2D eigenvalue weighted by Crippen LogP contribution is -2.28. The van der Waals surface area contributed by atoms with Crippen LogP contribution in [0.15, 0.2) is 35.0 Å². The van der Waals surface area contributed by atoms with E-state index in [1.807, 2.05) is 38.2 Å². The van der Waals surface area contributed by atoms with Crippen LogP contribution in [0.3, 0.4) is 0 Å². The molecule has 1 aromatic heterocycles. The highest BCUT2D eigenvalue weighted by Crippen LogP contribution is 2.16. The van der Waals surface area contributed by atoms with Gasteiger partial charge in [-0.3, -0.25) is 0 Å². The van der Waals surface area contributed by atoms with Crippen LogP contribution >= 0.6 is 11.3 Å². The summed E-state index contributed by atoms with van der Waals surface area (Å²) in [5, 5.41) is 13.0. The van der Waals surface area contributed by atoms with Gasteiger partial charge in [0.15, 0.2) is 0 Å². The lowest BCUT2D eigenvalue weighted by molar-refractivity contribution is 0.251. The number of nitrogens with one attached hydrogen (secondary N) is 3. The standard InChI is InChI=1S/C16H21N3OS/c1-11-9-21-10-14(11)8-18-16(20)19-15-6-4-13(5-7-15)12(2)17-3/h4-7,9-10,12,17H,8H2,1-3H3,(H2,18,19,20). The second kappa shape index (κ2) is 7.24. The molecule has 2 amide bonds. The molecule has 3 N–H and O–H groups in total. The molecule has 2 rings (SSSR count). The van der Waals surface area contributed by atoms with Gasteiger partial charge in [-0.1, -0.05) is 12.1 Å². The van der Waals surface area contributed by atoms with Crippen molar-refractivity contribution in [2.45, 2.75) is 26.4 Å². The quantitative estimate of drug-likeness (QED) is 0.789. The fourth-order valence-corrected chi connectivity index (χ4v) is 2.80. The molecule has 0 aliphatic rings. The molecule has 1 atom stereocenters. The van der Waals surface area contributed by atoms with Gasteiger partial charge in [-0.05, 0) is 60.5 Å². The Hall–Kier alpha value is -1.85. The molecule has 1 aromatic carbocycles. The first kappa shape index (κ1) is 15.5. The van der Waals surface area contributed by atoms with E-state index in [1.165, 1.54) is 11.1 Å². The van der Waals surface area contributed by atoms with Crippen molar-refractivity contribution >= 4 is 23.1 Å². The average Bonchev–Trinajstić information content (AvgIpc) is 2.90. The van der Waals surface area contributed by atoms with E-state index in [1.54, 1.807) is 11.3 Å². The maximum absolute atomic E-state index is 11.9. The van der Waals surface area contributed by atoms with Crippen molar-refractivity contribution < 1.29 is 4.79 Å². The minimum atomic E-state index is -0.185. The van der Waals surface area contributed by atoms with Crippen LogP contribution in [-0.2, 0) is 6.54 Å². The molecule has 1 heterocycles. The fourth-order valence-electron chi connectivity index (χ4n) is 1.94. The fraction of sp³-hybridized carbons (Fsp3) is 0.312. The van der Waals surface area contributed by atoms with Crippen LogP contribution in [0.1, 0.15) is 29.7 Å². The summed E-state index contributed by atoms with van der Waals surface area (Å²) in [4.78, 5) is 11.9. The van der Waals surface area contributed by atoms with Crippen molar-refractivity contribution in [3.05, 3.63) is 51.7 Å². The summed E-state index contributed by atoms with van der Waals surface area (Å²) in [5.41, 5.74) is 4.36. The van der Waals surface area contributed by atoms with E-state index >= 15 is 0 Å². The number of urea groups is 1. The first-order chi connectivity index (χ1) is 10.1. The van der Waals surface area contributed by atoms with Gasteiger partial charge in [-0.2, -0.15) is 11.3 Å². The third-order valence-electron chi connectivity index (χ3n) is 3.50. The summed E-state index contributed by atoms with van der Waals surface area (Å²) in [5.74, 6) is 0. The molecule has 112 valence electrons. The van der Waals surface area contributed by atoms with Crippen LogP contribution in [0, 0.1) is 6.92 Å². The number of carbonyl (C=O) groups excluding carboxylic acids is 1. The number of aryl methyl sites for hydroxylation is 1. The highest BCUT2D eigenvalue weighted by molar-refractivity contribution is 7.08. The second-order valence-electron chi connectivity index (χ2n) is 5.02. The monoisotopic (exact) mass is 303 g/mol. The highest BCUT2D eigenvalue weighted by atomic mass is 32.1. The minimum Gasteiger partial charge on any atom is -0.334 e. The van der Waals surface area contributed by atoms with Crippen molar-refractivity contribution in [1.29, 1.82) is 0 Å². The van der Waals surface area contributed by atoms with Crippen LogP contribution in [0.5, 0.6) is 0 Å². The maximum Gasteiger partial charge on any atom is 0.319 e. The molecule has 0 saturated heterocycles. The average molecular weight is 303 g/mol. The van der Waals surface area contributed by atoms with Crippen LogP contribution < -0.4 is 16.0 Å². The Kier molecular flexibility index (Phi) is 5.36. The van der Waals surface area contributed by atoms with Crippen molar-refractivity contribution in [2.75, 3.05) is 12.4 Å². The Morgan fingerprint density at radius 2 is 1.95 bits per heavy atom. The maximum atomic E-state index is 11.9. The second-order valence-corrected chi connectivity index (χ2v) is 5.76. The van der Waals surface area contributed by atoms with Gasteiger partial charge in [-0.15, -0.1) is 0 Å². The van der Waals surface area contributed by atoms with Crippen molar-refractivity contribution in [1.82, 2.24) is 10.6 Å². The van der Waals surface area contributed by atoms with Gasteiger partial charge in [0.05, 0.1) is 0 Å². The summed E-state index contributed by atoms with van der Waals surface area (Å²) in [6, 6.07) is 7.97. The zero-order valence-corrected chi connectivity index (χ0v) is 13.4. The number of thiophene rings is 1. The predicted octanol–water partition coefficient (Wildman–Crippen LogP) is 3.66. The van der Waals surface area contributed by atoms with Crippen molar-refractivity contribution in [2.24, 2.45) is 0 Å². The van der Waals surface area contributed by atoms with Crippen LogP contribution in [0.2, 0.25) is 0 Å². The largest absolute Gasteiger partial charge is 0.334 e. The molecule has 0 spiro atoms. The van der Waals surface area contributed by atoms with E-state index in [9.17, 15) is 4.79 Å². The van der Waals surface area contributed by atoms with Gasteiger partial charge < -0.3 is 16.0 Å². The third kappa shape index (κ3) is 4.31. The number of anilines is 1. The van der Waals surface area contributed by atoms with E-state index in [4.69, 9.17) is 0 Å². The van der Waals surface area contributed by atoms with Crippen LogP contribution in [0.25, 0.3) is 0 Å². The normalized spacial score (nSPS) is 12.0. The summed E-state index contributed by atoms with van der Waals surface area (Å²) in [6.45, 7) is 4.70. The van der Waals surface area contributed by atoms with E-state index in [-0.39, 0.29) is 6.03 Å². The Labute approximate surface area is 129 Å². The smallest absolute Gasteiger partial charge is 0.319 e. The minimum absolute atomic E-state index is 0.185. The molecule has 0 aliphatic heterocycles. The van der Waals surface area contributed by atoms with E-state index < -0.39 is 0 Å². The number of benzene rings is 1. The van der Waals surface area contributed by atoms with E-state index in [2.05, 4.69) is 33.6 Å². The molecule has 0 saturated carbocycles. The topological polar surface area (TPSA) is 53.2 Å². The van der Waals surface area contributed by atoms with Gasteiger partial charge >= 0.3 is 6.03 Å². The summed E-state index contributed by atoms with van der Waals surface area (Å²) < 4.78 is 0. The van der Waals surface area contributed by atoms with Gasteiger partial charge in [0.1, 0.15) is 0 Å². The molecular formula is C16H21N3OS. The number of amides is 2. The zero-order valence-electron chi connectivity index (χ0n) is 12.6. The first-order valence-electron chi connectivity index (χ1n) is 6.94. The van der Waals surface area contributed by atoms with Gasteiger partial charge in [-0.25, -0.2) is 4.79 Å². The Balaban J connectivity index is 1.86. The zero-order chi connectivity index (χ0) is 15.2. The van der Waals surface area contributed by atoms with Crippen molar-refractivity contribution in [3.63, 3.8) is 0 Å². The van der Waals surface area contributed by atoms with Gasteiger partial charge in [0, 0.05) is 18.3 Å². The molecule has 1 unspecified atom stereocenters. The van der Waals surface area contributed by atoms with Gasteiger partial charge in [0.2, 0.25) is 0 Å². The lowest BCUT2D eigenvalue weighted by atomic mass is 10.1. The molecule has 0 fully saturated rings. The Morgan fingerprint density at radius 3 is 2.52 bits per heavy atom. The molecule has 4 nitrogen and oxygen atoms in total. The first-order valence-corrected chi connectivity index (χ1v) is 7.88. The SMILES string of the molecule is CNC(C)c1ccc(NC(=O)NCc2cscc2C)cc1. The molecule has 21 heavy (non-hydrogen) atoms. The predicted molar refractivity (Wildman–Crippen MR) is 88.8 cm³/mol. The molecule has 0 aliphatic carbocycles. The van der Waals surface area contributed by atoms with Crippen LogP contribution in [-0.4, -0.2) is 13.1 Å². The third-order valence-corrected chi connectivity index (χ3v) is 4.41. The molecular weight excluding hydrogens is 282 g/mol. The molecule has 0 bridgehead atoms. The van der Waals surface area contributed by atoms with E-state index in [0.717, 1.165) is 11.3 Å². The van der Waals surface area contributed by atoms with E-state index in [0.29, 0.717) is 12.6 Å². The van der Waals surface area contributed by atoms with Gasteiger partial charge in [0.25, 0.3) is 0 Å².